The summed E-state index contributed by atoms with van der Waals surface area (Å²) in [4.78, 5) is 0. The van der Waals surface area contributed by atoms with Crippen molar-refractivity contribution in [2.75, 3.05) is 6.54 Å². The van der Waals surface area contributed by atoms with Crippen molar-refractivity contribution in [1.29, 1.82) is 0 Å². The molecule has 2 nitrogen and oxygen atoms in total. The predicted molar refractivity (Wildman–Crippen MR) is 70.5 cm³/mol. The second-order valence-electron chi connectivity index (χ2n) is 5.70. The van der Waals surface area contributed by atoms with Crippen molar-refractivity contribution < 1.29 is 9.50 Å². The van der Waals surface area contributed by atoms with E-state index in [0.29, 0.717) is 12.5 Å². The SMILES string of the molecule is CC1CCC(CN)(C(O)c2ccc(F)cc2)CC1. The average Bonchev–Trinajstić information content (AvgIpc) is 2.40. The first-order valence-corrected chi connectivity index (χ1v) is 6.71. The lowest BCUT2D eigenvalue weighted by Gasteiger charge is -2.42. The molecule has 1 aromatic rings. The number of rotatable bonds is 3. The Kier molecular flexibility index (Phi) is 4.03. The van der Waals surface area contributed by atoms with Gasteiger partial charge in [-0.25, -0.2) is 4.39 Å². The summed E-state index contributed by atoms with van der Waals surface area (Å²) in [6.07, 6.45) is 3.52. The van der Waals surface area contributed by atoms with E-state index in [2.05, 4.69) is 6.92 Å². The van der Waals surface area contributed by atoms with Gasteiger partial charge < -0.3 is 10.8 Å². The van der Waals surface area contributed by atoms with Gasteiger partial charge in [0.1, 0.15) is 5.82 Å². The molecule has 1 unspecified atom stereocenters. The second-order valence-corrected chi connectivity index (χ2v) is 5.70. The Morgan fingerprint density at radius 1 is 1.33 bits per heavy atom. The highest BCUT2D eigenvalue weighted by atomic mass is 19.1. The van der Waals surface area contributed by atoms with Gasteiger partial charge >= 0.3 is 0 Å². The van der Waals surface area contributed by atoms with Crippen LogP contribution >= 0.6 is 0 Å². The summed E-state index contributed by atoms with van der Waals surface area (Å²) in [5, 5.41) is 10.6. The van der Waals surface area contributed by atoms with Gasteiger partial charge in [0.25, 0.3) is 0 Å². The first kappa shape index (κ1) is 13.5. The average molecular weight is 251 g/mol. The summed E-state index contributed by atoms with van der Waals surface area (Å²) < 4.78 is 12.9. The van der Waals surface area contributed by atoms with Gasteiger partial charge in [0.05, 0.1) is 6.10 Å². The molecular formula is C15H22FNO. The van der Waals surface area contributed by atoms with E-state index >= 15 is 0 Å². The quantitative estimate of drug-likeness (QED) is 0.867. The van der Waals surface area contributed by atoms with Crippen LogP contribution in [0, 0.1) is 17.2 Å². The van der Waals surface area contributed by atoms with Crippen LogP contribution in [0.2, 0.25) is 0 Å². The summed E-state index contributed by atoms with van der Waals surface area (Å²) in [7, 11) is 0. The molecule has 100 valence electrons. The van der Waals surface area contributed by atoms with Crippen molar-refractivity contribution in [3.63, 3.8) is 0 Å². The maximum Gasteiger partial charge on any atom is 0.123 e. The summed E-state index contributed by atoms with van der Waals surface area (Å²) >= 11 is 0. The minimum atomic E-state index is -0.587. The third-order valence-corrected chi connectivity index (χ3v) is 4.44. The van der Waals surface area contributed by atoms with Crippen molar-refractivity contribution in [2.24, 2.45) is 17.1 Å². The lowest BCUT2D eigenvalue weighted by atomic mass is 9.66. The standard InChI is InChI=1S/C15H22FNO/c1-11-6-8-15(10-17,9-7-11)14(18)12-2-4-13(16)5-3-12/h2-5,11,14,18H,6-10,17H2,1H3. The maximum absolute atomic E-state index is 12.9. The number of halogens is 1. The van der Waals surface area contributed by atoms with Gasteiger partial charge in [-0.05, 0) is 36.5 Å². The summed E-state index contributed by atoms with van der Waals surface area (Å²) in [5.74, 6) is 0.440. The Labute approximate surface area is 108 Å². The molecule has 1 aliphatic carbocycles. The molecule has 0 bridgehead atoms. The Morgan fingerprint density at radius 2 is 1.89 bits per heavy atom. The van der Waals surface area contributed by atoms with Gasteiger partial charge in [-0.15, -0.1) is 0 Å². The number of nitrogens with two attached hydrogens (primary N) is 1. The highest BCUT2D eigenvalue weighted by Gasteiger charge is 2.40. The smallest absolute Gasteiger partial charge is 0.123 e. The second kappa shape index (κ2) is 5.37. The highest BCUT2D eigenvalue weighted by molar-refractivity contribution is 5.21. The topological polar surface area (TPSA) is 46.2 Å². The molecule has 0 spiro atoms. The van der Waals surface area contributed by atoms with Crippen molar-refractivity contribution >= 4 is 0 Å². The monoisotopic (exact) mass is 251 g/mol. The van der Waals surface area contributed by atoms with E-state index in [1.54, 1.807) is 12.1 Å². The number of hydrogen-bond acceptors (Lipinski definition) is 2. The van der Waals surface area contributed by atoms with Crippen molar-refractivity contribution in [3.8, 4) is 0 Å². The molecule has 1 aliphatic rings. The Morgan fingerprint density at radius 3 is 2.39 bits per heavy atom. The fraction of sp³-hybridized carbons (Fsp3) is 0.600. The van der Waals surface area contributed by atoms with Crippen molar-refractivity contribution in [2.45, 2.75) is 38.7 Å². The van der Waals surface area contributed by atoms with E-state index in [0.717, 1.165) is 31.2 Å². The number of aliphatic hydroxyl groups excluding tert-OH is 1. The minimum absolute atomic E-state index is 0.232. The molecule has 0 radical (unpaired) electrons. The first-order chi connectivity index (χ1) is 8.57. The molecule has 3 heteroatoms. The molecule has 18 heavy (non-hydrogen) atoms. The summed E-state index contributed by atoms with van der Waals surface area (Å²) in [5.41, 5.74) is 6.46. The molecule has 0 saturated heterocycles. The number of hydrogen-bond donors (Lipinski definition) is 2. The zero-order valence-electron chi connectivity index (χ0n) is 10.9. The fourth-order valence-corrected chi connectivity index (χ4v) is 2.92. The van der Waals surface area contributed by atoms with Gasteiger partial charge in [-0.1, -0.05) is 31.9 Å². The maximum atomic E-state index is 12.9. The zero-order valence-corrected chi connectivity index (χ0v) is 10.9. The van der Waals surface area contributed by atoms with Crippen LogP contribution in [0.1, 0.15) is 44.3 Å². The predicted octanol–water partition coefficient (Wildman–Crippen LogP) is 3.01. The zero-order chi connectivity index (χ0) is 13.2. The van der Waals surface area contributed by atoms with Crippen LogP contribution in [-0.2, 0) is 0 Å². The summed E-state index contributed by atoms with van der Waals surface area (Å²) in [6, 6.07) is 6.12. The van der Waals surface area contributed by atoms with E-state index in [9.17, 15) is 9.50 Å². The third kappa shape index (κ3) is 2.57. The normalized spacial score (nSPS) is 30.1. The number of benzene rings is 1. The van der Waals surface area contributed by atoms with Crippen LogP contribution in [0.15, 0.2) is 24.3 Å². The summed E-state index contributed by atoms with van der Waals surface area (Å²) in [6.45, 7) is 2.73. The van der Waals surface area contributed by atoms with Gasteiger partial charge in [0.2, 0.25) is 0 Å². The number of aliphatic hydroxyl groups is 1. The molecule has 0 aromatic heterocycles. The molecule has 1 fully saturated rings. The molecule has 1 atom stereocenters. The van der Waals surface area contributed by atoms with Crippen LogP contribution in [0.25, 0.3) is 0 Å². The van der Waals surface area contributed by atoms with E-state index in [-0.39, 0.29) is 11.2 Å². The van der Waals surface area contributed by atoms with E-state index in [4.69, 9.17) is 5.73 Å². The molecule has 0 aliphatic heterocycles. The van der Waals surface area contributed by atoms with E-state index in [1.165, 1.54) is 12.1 Å². The first-order valence-electron chi connectivity index (χ1n) is 6.71. The van der Waals surface area contributed by atoms with E-state index < -0.39 is 6.10 Å². The van der Waals surface area contributed by atoms with E-state index in [1.807, 2.05) is 0 Å². The molecule has 0 heterocycles. The molecule has 1 aromatic carbocycles. The van der Waals surface area contributed by atoms with Crippen molar-refractivity contribution in [1.82, 2.24) is 0 Å². The molecule has 3 N–H and O–H groups in total. The molecule has 0 amide bonds. The molecule has 2 rings (SSSR count). The Hall–Kier alpha value is -0.930. The van der Waals surface area contributed by atoms with Crippen LogP contribution < -0.4 is 5.73 Å². The Bertz CT molecular complexity index is 382. The lowest BCUT2D eigenvalue weighted by molar-refractivity contribution is -0.00821. The Balaban J connectivity index is 2.19. The van der Waals surface area contributed by atoms with Gasteiger partial charge in [0.15, 0.2) is 0 Å². The fourth-order valence-electron chi connectivity index (χ4n) is 2.92. The third-order valence-electron chi connectivity index (χ3n) is 4.44. The largest absolute Gasteiger partial charge is 0.388 e. The highest BCUT2D eigenvalue weighted by Crippen LogP contribution is 2.46. The van der Waals surface area contributed by atoms with Crippen LogP contribution in [0.5, 0.6) is 0 Å². The van der Waals surface area contributed by atoms with Crippen LogP contribution in [0.3, 0.4) is 0 Å². The molecule has 1 saturated carbocycles. The van der Waals surface area contributed by atoms with Crippen LogP contribution in [-0.4, -0.2) is 11.7 Å². The van der Waals surface area contributed by atoms with Gasteiger partial charge in [0, 0.05) is 12.0 Å². The van der Waals surface area contributed by atoms with Crippen molar-refractivity contribution in [3.05, 3.63) is 35.6 Å². The lowest BCUT2D eigenvalue weighted by Crippen LogP contribution is -2.39. The van der Waals surface area contributed by atoms with Crippen LogP contribution in [0.4, 0.5) is 4.39 Å². The van der Waals surface area contributed by atoms with Gasteiger partial charge in [-0.3, -0.25) is 0 Å². The minimum Gasteiger partial charge on any atom is -0.388 e. The molecular weight excluding hydrogens is 229 g/mol. The van der Waals surface area contributed by atoms with Gasteiger partial charge in [-0.2, -0.15) is 0 Å².